The minimum absolute atomic E-state index is 0.166. The summed E-state index contributed by atoms with van der Waals surface area (Å²) in [5, 5.41) is 0. The Morgan fingerprint density at radius 3 is 2.52 bits per heavy atom. The first-order valence-electron chi connectivity index (χ1n) is 7.77. The van der Waals surface area contributed by atoms with Gasteiger partial charge in [0.2, 0.25) is 0 Å². The van der Waals surface area contributed by atoms with Crippen LogP contribution in [0, 0.1) is 12.7 Å². The smallest absolute Gasteiger partial charge is 0.183 e. The van der Waals surface area contributed by atoms with Gasteiger partial charge in [0, 0.05) is 18.7 Å². The van der Waals surface area contributed by atoms with Crippen molar-refractivity contribution in [1.82, 2.24) is 4.90 Å². The number of Topliss-reactive ketones (excluding diaryl/α,β-unsaturated/α-hetero) is 1. The SMILES string of the molecule is Cc1cc(F)ccc1C(=O)C1(N2CCOCC2)CCCC1. The van der Waals surface area contributed by atoms with Crippen molar-refractivity contribution >= 4 is 5.78 Å². The van der Waals surface area contributed by atoms with Crippen LogP contribution >= 0.6 is 0 Å². The van der Waals surface area contributed by atoms with Crippen molar-refractivity contribution in [2.45, 2.75) is 38.1 Å². The van der Waals surface area contributed by atoms with E-state index in [9.17, 15) is 9.18 Å². The number of hydrogen-bond donors (Lipinski definition) is 0. The van der Waals surface area contributed by atoms with E-state index in [1.54, 1.807) is 6.07 Å². The number of aryl methyl sites for hydroxylation is 1. The van der Waals surface area contributed by atoms with Crippen molar-refractivity contribution in [3.63, 3.8) is 0 Å². The lowest BCUT2D eigenvalue weighted by Crippen LogP contribution is -2.56. The van der Waals surface area contributed by atoms with Crippen LogP contribution in [0.5, 0.6) is 0 Å². The van der Waals surface area contributed by atoms with Gasteiger partial charge in [0.05, 0.1) is 18.8 Å². The van der Waals surface area contributed by atoms with E-state index < -0.39 is 5.54 Å². The Hall–Kier alpha value is -1.26. The Morgan fingerprint density at radius 2 is 1.90 bits per heavy atom. The summed E-state index contributed by atoms with van der Waals surface area (Å²) in [6.45, 7) is 4.82. The van der Waals surface area contributed by atoms with Gasteiger partial charge < -0.3 is 4.74 Å². The zero-order chi connectivity index (χ0) is 14.9. The molecule has 1 aromatic carbocycles. The lowest BCUT2D eigenvalue weighted by atomic mass is 9.84. The summed E-state index contributed by atoms with van der Waals surface area (Å²) in [4.78, 5) is 15.5. The van der Waals surface area contributed by atoms with Gasteiger partial charge in [-0.1, -0.05) is 12.8 Å². The van der Waals surface area contributed by atoms with Crippen LogP contribution in [0.3, 0.4) is 0 Å². The Kier molecular flexibility index (Phi) is 4.09. The van der Waals surface area contributed by atoms with Gasteiger partial charge in [-0.3, -0.25) is 9.69 Å². The van der Waals surface area contributed by atoms with Gasteiger partial charge in [0.15, 0.2) is 5.78 Å². The number of hydrogen-bond acceptors (Lipinski definition) is 3. The maximum absolute atomic E-state index is 13.3. The molecular formula is C17H22FNO2. The Labute approximate surface area is 125 Å². The Morgan fingerprint density at radius 1 is 1.24 bits per heavy atom. The molecule has 0 bridgehead atoms. The second-order valence-electron chi connectivity index (χ2n) is 6.13. The van der Waals surface area contributed by atoms with Gasteiger partial charge in [0.1, 0.15) is 5.82 Å². The average Bonchev–Trinajstić information content (AvgIpc) is 2.98. The summed E-state index contributed by atoms with van der Waals surface area (Å²) in [5.74, 6) is -0.115. The third-order valence-electron chi connectivity index (χ3n) is 4.90. The van der Waals surface area contributed by atoms with Crippen molar-refractivity contribution in [3.8, 4) is 0 Å². The molecule has 3 rings (SSSR count). The molecule has 2 fully saturated rings. The van der Waals surface area contributed by atoms with Gasteiger partial charge >= 0.3 is 0 Å². The highest BCUT2D eigenvalue weighted by Crippen LogP contribution is 2.39. The highest BCUT2D eigenvalue weighted by molar-refractivity contribution is 6.04. The maximum atomic E-state index is 13.3. The van der Waals surface area contributed by atoms with E-state index in [1.165, 1.54) is 12.1 Å². The highest BCUT2D eigenvalue weighted by atomic mass is 19.1. The van der Waals surface area contributed by atoms with Gasteiger partial charge in [-0.25, -0.2) is 4.39 Å². The monoisotopic (exact) mass is 291 g/mol. The van der Waals surface area contributed by atoms with E-state index in [-0.39, 0.29) is 11.6 Å². The maximum Gasteiger partial charge on any atom is 0.183 e. The fraction of sp³-hybridized carbons (Fsp3) is 0.588. The number of rotatable bonds is 3. The molecule has 1 saturated carbocycles. The van der Waals surface area contributed by atoms with E-state index in [0.717, 1.165) is 44.3 Å². The number of ketones is 1. The third-order valence-corrected chi connectivity index (χ3v) is 4.90. The lowest BCUT2D eigenvalue weighted by Gasteiger charge is -2.42. The van der Waals surface area contributed by atoms with Crippen LogP contribution in [0.25, 0.3) is 0 Å². The van der Waals surface area contributed by atoms with Crippen molar-refractivity contribution in [3.05, 3.63) is 35.1 Å². The van der Waals surface area contributed by atoms with Gasteiger partial charge in [-0.2, -0.15) is 0 Å². The quantitative estimate of drug-likeness (QED) is 0.802. The molecule has 3 nitrogen and oxygen atoms in total. The van der Waals surface area contributed by atoms with Crippen LogP contribution in [-0.2, 0) is 4.74 Å². The fourth-order valence-corrected chi connectivity index (χ4v) is 3.77. The van der Waals surface area contributed by atoms with Crippen LogP contribution in [0.2, 0.25) is 0 Å². The number of benzene rings is 1. The molecule has 0 N–H and O–H groups in total. The number of carbonyl (C=O) groups excluding carboxylic acids is 1. The van der Waals surface area contributed by atoms with E-state index in [0.29, 0.717) is 18.8 Å². The van der Waals surface area contributed by atoms with Crippen LogP contribution in [0.15, 0.2) is 18.2 Å². The molecule has 21 heavy (non-hydrogen) atoms. The molecule has 0 radical (unpaired) electrons. The molecule has 0 amide bonds. The van der Waals surface area contributed by atoms with Crippen LogP contribution in [0.1, 0.15) is 41.6 Å². The second kappa shape index (κ2) is 5.85. The molecule has 1 aromatic rings. The lowest BCUT2D eigenvalue weighted by molar-refractivity contribution is -0.0130. The third kappa shape index (κ3) is 2.62. The van der Waals surface area contributed by atoms with E-state index >= 15 is 0 Å². The van der Waals surface area contributed by atoms with Crippen molar-refractivity contribution in [2.75, 3.05) is 26.3 Å². The first kappa shape index (κ1) is 14.7. The summed E-state index contributed by atoms with van der Waals surface area (Å²) in [6, 6.07) is 4.49. The number of nitrogens with zero attached hydrogens (tertiary/aromatic N) is 1. The van der Waals surface area contributed by atoms with Gasteiger partial charge in [-0.15, -0.1) is 0 Å². The summed E-state index contributed by atoms with van der Waals surface area (Å²) in [6.07, 6.45) is 3.98. The minimum Gasteiger partial charge on any atom is -0.379 e. The van der Waals surface area contributed by atoms with E-state index in [2.05, 4.69) is 4.90 Å². The number of ether oxygens (including phenoxy) is 1. The predicted octanol–water partition coefficient (Wildman–Crippen LogP) is 2.96. The zero-order valence-electron chi connectivity index (χ0n) is 12.5. The molecule has 0 atom stereocenters. The largest absolute Gasteiger partial charge is 0.379 e. The summed E-state index contributed by atoms with van der Waals surface area (Å²) in [5.41, 5.74) is 1.01. The van der Waals surface area contributed by atoms with Crippen molar-refractivity contribution < 1.29 is 13.9 Å². The number of halogens is 1. The van der Waals surface area contributed by atoms with Gasteiger partial charge in [0.25, 0.3) is 0 Å². The molecular weight excluding hydrogens is 269 g/mol. The predicted molar refractivity (Wildman–Crippen MR) is 79.1 cm³/mol. The molecule has 1 aliphatic heterocycles. The zero-order valence-corrected chi connectivity index (χ0v) is 12.5. The molecule has 0 spiro atoms. The molecule has 0 aromatic heterocycles. The molecule has 1 saturated heterocycles. The molecule has 2 aliphatic rings. The highest BCUT2D eigenvalue weighted by Gasteiger charge is 2.46. The summed E-state index contributed by atoms with van der Waals surface area (Å²) >= 11 is 0. The van der Waals surface area contributed by atoms with Gasteiger partial charge in [-0.05, 0) is 43.5 Å². The summed E-state index contributed by atoms with van der Waals surface area (Å²) < 4.78 is 18.7. The second-order valence-corrected chi connectivity index (χ2v) is 6.13. The molecule has 114 valence electrons. The van der Waals surface area contributed by atoms with E-state index in [1.807, 2.05) is 6.92 Å². The van der Waals surface area contributed by atoms with Crippen molar-refractivity contribution in [1.29, 1.82) is 0 Å². The fourth-order valence-electron chi connectivity index (χ4n) is 3.77. The normalized spacial score (nSPS) is 22.4. The van der Waals surface area contributed by atoms with E-state index in [4.69, 9.17) is 4.74 Å². The molecule has 4 heteroatoms. The number of carbonyl (C=O) groups is 1. The van der Waals surface area contributed by atoms with Crippen LogP contribution in [-0.4, -0.2) is 42.5 Å². The number of morpholine rings is 1. The Balaban J connectivity index is 1.94. The molecule has 1 aliphatic carbocycles. The van der Waals surface area contributed by atoms with Crippen LogP contribution < -0.4 is 0 Å². The van der Waals surface area contributed by atoms with Crippen LogP contribution in [0.4, 0.5) is 4.39 Å². The summed E-state index contributed by atoms with van der Waals surface area (Å²) in [7, 11) is 0. The molecule has 0 unspecified atom stereocenters. The first-order valence-corrected chi connectivity index (χ1v) is 7.77. The first-order chi connectivity index (χ1) is 10.1. The minimum atomic E-state index is -0.396. The Bertz CT molecular complexity index is 532. The van der Waals surface area contributed by atoms with Crippen molar-refractivity contribution in [2.24, 2.45) is 0 Å². The standard InChI is InChI=1S/C17H22FNO2/c1-13-12-14(18)4-5-15(13)16(20)17(6-2-3-7-17)19-8-10-21-11-9-19/h4-5,12H,2-3,6-11H2,1H3. The average molecular weight is 291 g/mol. The molecule has 1 heterocycles. The topological polar surface area (TPSA) is 29.5 Å².